The van der Waals surface area contributed by atoms with E-state index in [0.717, 1.165) is 5.56 Å². The van der Waals surface area contributed by atoms with Crippen molar-refractivity contribution in [2.45, 2.75) is 20.4 Å². The zero-order valence-corrected chi connectivity index (χ0v) is 13.4. The lowest BCUT2D eigenvalue weighted by molar-refractivity contribution is 0.0522. The number of aromatic hydroxyl groups is 1. The fourth-order valence-corrected chi connectivity index (χ4v) is 2.66. The maximum atomic E-state index is 13.0. The van der Waals surface area contributed by atoms with Gasteiger partial charge < -0.3 is 14.4 Å². The summed E-state index contributed by atoms with van der Waals surface area (Å²) in [6, 6.07) is 7.89. The van der Waals surface area contributed by atoms with Crippen LogP contribution < -0.4 is 0 Å². The first-order valence-corrected chi connectivity index (χ1v) is 7.61. The number of nitrogens with zero attached hydrogens (tertiary/aromatic N) is 2. The Kier molecular flexibility index (Phi) is 4.20. The first-order valence-electron chi connectivity index (χ1n) is 7.61. The van der Waals surface area contributed by atoms with E-state index in [9.17, 15) is 14.3 Å². The van der Waals surface area contributed by atoms with Crippen molar-refractivity contribution >= 4 is 17.0 Å². The second-order valence-electron chi connectivity index (χ2n) is 5.45. The van der Waals surface area contributed by atoms with E-state index in [1.54, 1.807) is 38.2 Å². The summed E-state index contributed by atoms with van der Waals surface area (Å²) in [4.78, 5) is 16.4. The zero-order chi connectivity index (χ0) is 17.3. The monoisotopic (exact) mass is 328 g/mol. The molecule has 5 nitrogen and oxygen atoms in total. The molecular weight excluding hydrogens is 311 g/mol. The molecular formula is C18H17FN2O3. The molecule has 0 saturated carbocycles. The van der Waals surface area contributed by atoms with Gasteiger partial charge in [0, 0.05) is 12.7 Å². The van der Waals surface area contributed by atoms with Crippen LogP contribution >= 0.6 is 0 Å². The Hall–Kier alpha value is -2.89. The summed E-state index contributed by atoms with van der Waals surface area (Å²) in [6.45, 7) is 4.06. The van der Waals surface area contributed by atoms with E-state index in [-0.39, 0.29) is 23.7 Å². The Bertz CT molecular complexity index is 901. The molecule has 0 radical (unpaired) electrons. The molecule has 0 unspecified atom stereocenters. The van der Waals surface area contributed by atoms with Crippen molar-refractivity contribution in [3.63, 3.8) is 0 Å². The summed E-state index contributed by atoms with van der Waals surface area (Å²) in [5, 5.41) is 10.9. The third kappa shape index (κ3) is 2.82. The number of aromatic nitrogens is 2. The molecule has 1 N–H and O–H groups in total. The van der Waals surface area contributed by atoms with Crippen LogP contribution in [0.1, 0.15) is 28.5 Å². The highest BCUT2D eigenvalue weighted by Gasteiger charge is 2.21. The smallest absolute Gasteiger partial charge is 0.343 e. The molecule has 0 aliphatic rings. The fourth-order valence-electron chi connectivity index (χ4n) is 2.66. The van der Waals surface area contributed by atoms with E-state index in [1.807, 2.05) is 4.57 Å². The van der Waals surface area contributed by atoms with E-state index in [0.29, 0.717) is 23.3 Å². The molecule has 124 valence electrons. The quantitative estimate of drug-likeness (QED) is 0.745. The number of carbonyl (C=O) groups is 1. The molecule has 24 heavy (non-hydrogen) atoms. The predicted molar refractivity (Wildman–Crippen MR) is 87.6 cm³/mol. The van der Waals surface area contributed by atoms with Gasteiger partial charge in [0.2, 0.25) is 0 Å². The van der Waals surface area contributed by atoms with Crippen LogP contribution in [0.5, 0.6) is 5.75 Å². The minimum atomic E-state index is -0.590. The number of pyridine rings is 1. The molecule has 2 heterocycles. The van der Waals surface area contributed by atoms with Gasteiger partial charge in [-0.05, 0) is 37.6 Å². The Morgan fingerprint density at radius 3 is 2.67 bits per heavy atom. The van der Waals surface area contributed by atoms with Crippen LogP contribution in [0.15, 0.2) is 36.5 Å². The predicted octanol–water partition coefficient (Wildman–Crippen LogP) is 3.41. The molecule has 6 heteroatoms. The molecule has 0 atom stereocenters. The lowest BCUT2D eigenvalue weighted by Gasteiger charge is -2.10. The third-order valence-electron chi connectivity index (χ3n) is 3.81. The van der Waals surface area contributed by atoms with E-state index in [4.69, 9.17) is 4.74 Å². The number of aryl methyl sites for hydroxylation is 1. The van der Waals surface area contributed by atoms with Crippen LogP contribution in [0.4, 0.5) is 4.39 Å². The number of esters is 1. The largest absolute Gasteiger partial charge is 0.506 e. The van der Waals surface area contributed by atoms with E-state index in [2.05, 4.69) is 4.98 Å². The average molecular weight is 328 g/mol. The maximum absolute atomic E-state index is 13.0. The van der Waals surface area contributed by atoms with Crippen LogP contribution in [0.2, 0.25) is 0 Å². The molecule has 3 aromatic rings. The molecule has 0 bridgehead atoms. The summed E-state index contributed by atoms with van der Waals surface area (Å²) in [6.07, 6.45) is 1.77. The summed E-state index contributed by atoms with van der Waals surface area (Å²) in [5.41, 5.74) is 1.95. The van der Waals surface area contributed by atoms with Gasteiger partial charge in [-0.25, -0.2) is 14.2 Å². The highest BCUT2D eigenvalue weighted by Crippen LogP contribution is 2.31. The number of hydrogen-bond acceptors (Lipinski definition) is 4. The number of hydrogen-bond donors (Lipinski definition) is 1. The van der Waals surface area contributed by atoms with Crippen molar-refractivity contribution in [3.05, 3.63) is 59.2 Å². The van der Waals surface area contributed by atoms with Crippen molar-refractivity contribution in [1.82, 2.24) is 9.55 Å². The number of rotatable bonds is 4. The van der Waals surface area contributed by atoms with Gasteiger partial charge in [-0.3, -0.25) is 0 Å². The first kappa shape index (κ1) is 16.0. The normalized spacial score (nSPS) is 11.0. The maximum Gasteiger partial charge on any atom is 0.343 e. The average Bonchev–Trinajstić information content (AvgIpc) is 2.93. The number of carbonyl (C=O) groups excluding carboxylic acids is 1. The molecule has 0 spiro atoms. The van der Waals surface area contributed by atoms with Crippen LogP contribution in [-0.2, 0) is 11.3 Å². The summed E-state index contributed by atoms with van der Waals surface area (Å²) < 4.78 is 19.8. The van der Waals surface area contributed by atoms with Gasteiger partial charge in [0.1, 0.15) is 22.8 Å². The molecule has 3 rings (SSSR count). The number of ether oxygens (including phenoxy) is 1. The number of halogens is 1. The highest BCUT2D eigenvalue weighted by molar-refractivity contribution is 6.00. The van der Waals surface area contributed by atoms with Crippen molar-refractivity contribution in [2.24, 2.45) is 0 Å². The molecule has 1 aromatic carbocycles. The van der Waals surface area contributed by atoms with Gasteiger partial charge in [-0.2, -0.15) is 0 Å². The van der Waals surface area contributed by atoms with Gasteiger partial charge in [0.15, 0.2) is 0 Å². The third-order valence-corrected chi connectivity index (χ3v) is 3.81. The van der Waals surface area contributed by atoms with Crippen LogP contribution in [-0.4, -0.2) is 27.2 Å². The Labute approximate surface area is 138 Å². The van der Waals surface area contributed by atoms with E-state index >= 15 is 0 Å². The van der Waals surface area contributed by atoms with Crippen LogP contribution in [0.3, 0.4) is 0 Å². The van der Waals surface area contributed by atoms with Gasteiger partial charge >= 0.3 is 5.97 Å². The summed E-state index contributed by atoms with van der Waals surface area (Å²) in [7, 11) is 0. The lowest BCUT2D eigenvalue weighted by atomic mass is 10.1. The van der Waals surface area contributed by atoms with Crippen molar-refractivity contribution in [1.29, 1.82) is 0 Å². The summed E-state index contributed by atoms with van der Waals surface area (Å²) >= 11 is 0. The Balaban J connectivity index is 2.03. The van der Waals surface area contributed by atoms with Gasteiger partial charge in [0.25, 0.3) is 0 Å². The standard InChI is InChI=1S/C18H17FN2O3/c1-3-24-18(23)15-11(2)20-17-14(16(15)22)8-9-21(17)10-12-4-6-13(19)7-5-12/h4-9H,3,10H2,1-2H3,(H,20,22). The minimum Gasteiger partial charge on any atom is -0.506 e. The molecule has 0 fully saturated rings. The van der Waals surface area contributed by atoms with Gasteiger partial charge in [-0.15, -0.1) is 0 Å². The molecule has 0 amide bonds. The Morgan fingerprint density at radius 2 is 2.00 bits per heavy atom. The lowest BCUT2D eigenvalue weighted by Crippen LogP contribution is -2.09. The number of fused-ring (bicyclic) bond motifs is 1. The highest BCUT2D eigenvalue weighted by atomic mass is 19.1. The van der Waals surface area contributed by atoms with Crippen molar-refractivity contribution < 1.29 is 19.0 Å². The topological polar surface area (TPSA) is 64.3 Å². The van der Waals surface area contributed by atoms with Crippen LogP contribution in [0, 0.1) is 12.7 Å². The summed E-state index contributed by atoms with van der Waals surface area (Å²) in [5.74, 6) is -1.01. The second kappa shape index (κ2) is 6.31. The van der Waals surface area contributed by atoms with Crippen molar-refractivity contribution in [2.75, 3.05) is 6.61 Å². The molecule has 2 aromatic heterocycles. The van der Waals surface area contributed by atoms with Gasteiger partial charge in [-0.1, -0.05) is 12.1 Å². The SMILES string of the molecule is CCOC(=O)c1c(C)nc2c(ccn2Cc2ccc(F)cc2)c1O. The van der Waals surface area contributed by atoms with Gasteiger partial charge in [0.05, 0.1) is 17.7 Å². The Morgan fingerprint density at radius 1 is 1.29 bits per heavy atom. The molecule has 0 aliphatic heterocycles. The first-order chi connectivity index (χ1) is 11.5. The van der Waals surface area contributed by atoms with E-state index < -0.39 is 5.97 Å². The van der Waals surface area contributed by atoms with Crippen molar-refractivity contribution in [3.8, 4) is 5.75 Å². The number of benzene rings is 1. The second-order valence-corrected chi connectivity index (χ2v) is 5.45. The van der Waals surface area contributed by atoms with Crippen LogP contribution in [0.25, 0.3) is 11.0 Å². The molecule has 0 saturated heterocycles. The zero-order valence-electron chi connectivity index (χ0n) is 13.4. The molecule has 0 aliphatic carbocycles. The minimum absolute atomic E-state index is 0.0869. The fraction of sp³-hybridized carbons (Fsp3) is 0.222. The van der Waals surface area contributed by atoms with E-state index in [1.165, 1.54) is 12.1 Å².